The molecule has 1 aromatic heterocycles. The minimum Gasteiger partial charge on any atom is -0.617 e. The number of nitrogens with zero attached hydrogens (tertiary/aromatic N) is 3. The Morgan fingerprint density at radius 3 is 1.81 bits per heavy atom. The Balaban J connectivity index is 2.60. The molecule has 0 amide bonds. The van der Waals surface area contributed by atoms with Crippen molar-refractivity contribution in [3.63, 3.8) is 0 Å². The average molecular weight is 321 g/mol. The molecule has 21 heavy (non-hydrogen) atoms. The minimum atomic E-state index is 0.0293. The quantitative estimate of drug-likeness (QED) is 0.296. The van der Waals surface area contributed by atoms with Gasteiger partial charge in [-0.2, -0.15) is 14.7 Å². The summed E-state index contributed by atoms with van der Waals surface area (Å²) in [7, 11) is 0. The molecule has 0 aliphatic carbocycles. The van der Waals surface area contributed by atoms with Gasteiger partial charge >= 0.3 is 0 Å². The molecule has 0 spiro atoms. The number of hydrogen-bond acceptors (Lipinski definition) is 4. The van der Waals surface area contributed by atoms with E-state index in [4.69, 9.17) is 34.2 Å². The molecule has 0 fully saturated rings. The second-order valence-corrected chi connectivity index (χ2v) is 5.20. The fourth-order valence-electron chi connectivity index (χ4n) is 2.13. The van der Waals surface area contributed by atoms with Crippen molar-refractivity contribution in [2.75, 3.05) is 5.73 Å². The summed E-state index contributed by atoms with van der Waals surface area (Å²) < 4.78 is 1.07. The summed E-state index contributed by atoms with van der Waals surface area (Å²) in [6.07, 6.45) is 0. The molecule has 1 heterocycles. The molecule has 0 atom stereocenters. The van der Waals surface area contributed by atoms with E-state index < -0.39 is 0 Å². The van der Waals surface area contributed by atoms with Gasteiger partial charge < -0.3 is 16.1 Å². The van der Waals surface area contributed by atoms with Gasteiger partial charge in [-0.15, -0.1) is 0 Å². The smallest absolute Gasteiger partial charge is 0.292 e. The summed E-state index contributed by atoms with van der Waals surface area (Å²) in [4.78, 5) is 0. The molecule has 0 aliphatic rings. The van der Waals surface area contributed by atoms with Gasteiger partial charge in [0.05, 0.1) is 21.3 Å². The number of nitrogens with two attached hydrogens (primary N) is 1. The van der Waals surface area contributed by atoms with E-state index in [1.54, 1.807) is 0 Å². The van der Waals surface area contributed by atoms with Crippen LogP contribution in [0.5, 0.6) is 0 Å². The van der Waals surface area contributed by atoms with Gasteiger partial charge in [0.1, 0.15) is 6.07 Å². The molecular formula is C13H6Cl2N4O2. The third-order valence-electron chi connectivity index (χ3n) is 3.16. The number of halogens is 2. The van der Waals surface area contributed by atoms with E-state index in [2.05, 4.69) is 0 Å². The van der Waals surface area contributed by atoms with Gasteiger partial charge in [-0.3, -0.25) is 0 Å². The van der Waals surface area contributed by atoms with Gasteiger partial charge in [0.25, 0.3) is 22.1 Å². The molecule has 104 valence electrons. The molecule has 2 N–H and O–H groups in total. The van der Waals surface area contributed by atoms with Crippen molar-refractivity contribution in [2.45, 2.75) is 0 Å². The number of fused-ring (bicyclic) bond motifs is 2. The predicted molar refractivity (Wildman–Crippen MR) is 78.5 cm³/mol. The van der Waals surface area contributed by atoms with Crippen molar-refractivity contribution in [1.82, 2.24) is 0 Å². The summed E-state index contributed by atoms with van der Waals surface area (Å²) in [5, 5.41) is 34.1. The van der Waals surface area contributed by atoms with Crippen LogP contribution in [0.2, 0.25) is 10.0 Å². The van der Waals surface area contributed by atoms with E-state index >= 15 is 0 Å². The SMILES string of the molecule is N#Cc1cc2c(cc1N)[n+]([O-])c1cc(Cl)c(Cl)cc1[n+]2[O-]. The molecule has 0 aliphatic heterocycles. The molecular weight excluding hydrogens is 315 g/mol. The first kappa shape index (κ1) is 13.5. The first-order valence-corrected chi connectivity index (χ1v) is 6.47. The van der Waals surface area contributed by atoms with Crippen molar-refractivity contribution in [2.24, 2.45) is 0 Å². The van der Waals surface area contributed by atoms with Crippen LogP contribution < -0.4 is 15.2 Å². The minimum absolute atomic E-state index is 0.0293. The number of aromatic nitrogens is 2. The van der Waals surface area contributed by atoms with Crippen molar-refractivity contribution < 1.29 is 9.46 Å². The number of anilines is 1. The predicted octanol–water partition coefficient (Wildman–Crippen LogP) is 2.02. The van der Waals surface area contributed by atoms with Gasteiger partial charge in [0.2, 0.25) is 0 Å². The highest BCUT2D eigenvalue weighted by Crippen LogP contribution is 2.26. The summed E-state index contributed by atoms with van der Waals surface area (Å²) in [5.74, 6) is 0. The lowest BCUT2D eigenvalue weighted by Gasteiger charge is -2.09. The zero-order valence-corrected chi connectivity index (χ0v) is 11.8. The van der Waals surface area contributed by atoms with Crippen molar-refractivity contribution in [3.8, 4) is 6.07 Å². The second-order valence-electron chi connectivity index (χ2n) is 4.38. The van der Waals surface area contributed by atoms with Gasteiger partial charge in [0.15, 0.2) is 0 Å². The van der Waals surface area contributed by atoms with E-state index in [1.807, 2.05) is 6.07 Å². The van der Waals surface area contributed by atoms with Crippen LogP contribution in [0.25, 0.3) is 22.1 Å². The first-order chi connectivity index (χ1) is 9.93. The second kappa shape index (κ2) is 4.52. The largest absolute Gasteiger partial charge is 0.617 e. The third kappa shape index (κ3) is 1.87. The van der Waals surface area contributed by atoms with Crippen LogP contribution in [0.15, 0.2) is 24.3 Å². The normalized spacial score (nSPS) is 10.9. The third-order valence-corrected chi connectivity index (χ3v) is 3.88. The number of nitrogen functional groups attached to an aromatic ring is 1. The molecule has 0 saturated heterocycles. The van der Waals surface area contributed by atoms with Gasteiger partial charge in [-0.1, -0.05) is 23.2 Å². The number of rotatable bonds is 0. The van der Waals surface area contributed by atoms with Gasteiger partial charge in [-0.05, 0) is 0 Å². The molecule has 0 saturated carbocycles. The van der Waals surface area contributed by atoms with Crippen molar-refractivity contribution >= 4 is 51.0 Å². The topological polar surface area (TPSA) is 104 Å². The Morgan fingerprint density at radius 2 is 1.33 bits per heavy atom. The van der Waals surface area contributed by atoms with E-state index in [-0.39, 0.29) is 43.4 Å². The maximum absolute atomic E-state index is 12.4. The maximum atomic E-state index is 12.4. The van der Waals surface area contributed by atoms with E-state index in [9.17, 15) is 10.4 Å². The summed E-state index contributed by atoms with van der Waals surface area (Å²) >= 11 is 11.8. The highest BCUT2D eigenvalue weighted by Gasteiger charge is 2.24. The van der Waals surface area contributed by atoms with Crippen LogP contribution in [-0.2, 0) is 0 Å². The molecule has 6 nitrogen and oxygen atoms in total. The van der Waals surface area contributed by atoms with Crippen LogP contribution >= 0.6 is 23.2 Å². The highest BCUT2D eigenvalue weighted by molar-refractivity contribution is 6.42. The lowest BCUT2D eigenvalue weighted by molar-refractivity contribution is -0.591. The Bertz CT molecular complexity index is 966. The Hall–Kier alpha value is -2.49. The Morgan fingerprint density at radius 1 is 0.905 bits per heavy atom. The molecule has 3 aromatic rings. The molecule has 8 heteroatoms. The molecule has 0 bridgehead atoms. The van der Waals surface area contributed by atoms with Gasteiger partial charge in [-0.25, -0.2) is 0 Å². The monoisotopic (exact) mass is 320 g/mol. The first-order valence-electron chi connectivity index (χ1n) is 5.71. The van der Waals surface area contributed by atoms with Crippen LogP contribution in [0.1, 0.15) is 5.56 Å². The lowest BCUT2D eigenvalue weighted by atomic mass is 10.1. The Labute approximate surface area is 128 Å². The number of benzene rings is 2. The average Bonchev–Trinajstić information content (AvgIpc) is 2.46. The van der Waals surface area contributed by atoms with Crippen molar-refractivity contribution in [3.05, 3.63) is 50.3 Å². The maximum Gasteiger partial charge on any atom is 0.292 e. The molecule has 0 unspecified atom stereocenters. The summed E-state index contributed by atoms with van der Waals surface area (Å²) in [6.45, 7) is 0. The number of nitriles is 1. The van der Waals surface area contributed by atoms with Crippen LogP contribution in [0.3, 0.4) is 0 Å². The van der Waals surface area contributed by atoms with Crippen LogP contribution in [-0.4, -0.2) is 0 Å². The fraction of sp³-hybridized carbons (Fsp3) is 0. The van der Waals surface area contributed by atoms with E-state index in [0.717, 1.165) is 0 Å². The fourth-order valence-corrected chi connectivity index (χ4v) is 2.44. The van der Waals surface area contributed by atoms with Crippen LogP contribution in [0, 0.1) is 21.7 Å². The zero-order valence-electron chi connectivity index (χ0n) is 10.3. The zero-order chi connectivity index (χ0) is 15.3. The summed E-state index contributed by atoms with van der Waals surface area (Å²) in [6, 6.07) is 7.05. The number of hydrogen-bond donors (Lipinski definition) is 1. The molecule has 3 rings (SSSR count). The van der Waals surface area contributed by atoms with E-state index in [0.29, 0.717) is 9.46 Å². The molecule has 0 radical (unpaired) electrons. The lowest BCUT2D eigenvalue weighted by Crippen LogP contribution is -2.39. The van der Waals surface area contributed by atoms with Gasteiger partial charge in [0, 0.05) is 24.3 Å². The highest BCUT2D eigenvalue weighted by atomic mass is 35.5. The van der Waals surface area contributed by atoms with Crippen LogP contribution in [0.4, 0.5) is 5.69 Å². The van der Waals surface area contributed by atoms with E-state index in [1.165, 1.54) is 24.3 Å². The Kier molecular flexibility index (Phi) is 2.90. The van der Waals surface area contributed by atoms with Crippen molar-refractivity contribution in [1.29, 1.82) is 5.26 Å². The summed E-state index contributed by atoms with van der Waals surface area (Å²) in [5.41, 5.74) is 6.12. The molecule has 2 aromatic carbocycles. The standard InChI is InChI=1S/C13H6Cl2N4O2/c14-7-2-11-12(3-8(7)15)19(21)13-4-9(17)6(5-16)1-10(13)18(11)20/h1-4H,17H2.